The van der Waals surface area contributed by atoms with Gasteiger partial charge < -0.3 is 15.5 Å². The number of primary amides is 1. The van der Waals surface area contributed by atoms with E-state index in [-0.39, 0.29) is 17.2 Å². The zero-order chi connectivity index (χ0) is 17.0. The molecule has 3 heterocycles. The standard InChI is InChI=1S/C18H26N4O2/c19-16(23)6-11-21-10-3-7-18(13-21)8-5-17(24)22(14-18)12-15-4-1-2-9-20-15/h1-2,4,9H,3,5-8,10-14H2,(H2,19,23)/t18-/m1/s1. The first-order valence-electron chi connectivity index (χ1n) is 8.75. The van der Waals surface area contributed by atoms with Gasteiger partial charge in [0.25, 0.3) is 0 Å². The van der Waals surface area contributed by atoms with Gasteiger partial charge in [0.1, 0.15) is 0 Å². The third-order valence-electron chi connectivity index (χ3n) is 5.24. The Bertz CT molecular complexity index is 592. The summed E-state index contributed by atoms with van der Waals surface area (Å²) in [6.07, 6.45) is 5.99. The number of nitrogens with two attached hydrogens (primary N) is 1. The molecule has 2 fully saturated rings. The summed E-state index contributed by atoms with van der Waals surface area (Å²) >= 11 is 0. The number of likely N-dealkylation sites (tertiary alicyclic amines) is 2. The second-order valence-corrected chi connectivity index (χ2v) is 7.17. The number of nitrogens with zero attached hydrogens (tertiary/aromatic N) is 3. The van der Waals surface area contributed by atoms with Gasteiger partial charge in [-0.3, -0.25) is 14.6 Å². The second-order valence-electron chi connectivity index (χ2n) is 7.17. The molecule has 0 unspecified atom stereocenters. The zero-order valence-corrected chi connectivity index (χ0v) is 14.1. The highest BCUT2D eigenvalue weighted by atomic mass is 16.2. The maximum Gasteiger partial charge on any atom is 0.222 e. The molecule has 0 saturated carbocycles. The van der Waals surface area contributed by atoms with Gasteiger partial charge in [0.2, 0.25) is 11.8 Å². The molecule has 1 atom stereocenters. The van der Waals surface area contributed by atoms with E-state index < -0.39 is 0 Å². The van der Waals surface area contributed by atoms with E-state index in [2.05, 4.69) is 9.88 Å². The highest BCUT2D eigenvalue weighted by molar-refractivity contribution is 5.77. The lowest BCUT2D eigenvalue weighted by atomic mass is 9.73. The SMILES string of the molecule is NC(=O)CCN1CCC[C@@]2(CCC(=O)N(Cc3ccccn3)C2)C1. The van der Waals surface area contributed by atoms with Gasteiger partial charge in [-0.25, -0.2) is 0 Å². The summed E-state index contributed by atoms with van der Waals surface area (Å²) in [7, 11) is 0. The quantitative estimate of drug-likeness (QED) is 0.879. The van der Waals surface area contributed by atoms with Gasteiger partial charge in [0.15, 0.2) is 0 Å². The summed E-state index contributed by atoms with van der Waals surface area (Å²) in [5.74, 6) is -0.0224. The van der Waals surface area contributed by atoms with E-state index in [1.54, 1.807) is 6.20 Å². The smallest absolute Gasteiger partial charge is 0.222 e. The van der Waals surface area contributed by atoms with E-state index in [1.165, 1.54) is 0 Å². The van der Waals surface area contributed by atoms with Crippen LogP contribution in [0, 0.1) is 5.41 Å². The normalized spacial score (nSPS) is 25.2. The number of hydrogen-bond donors (Lipinski definition) is 1. The lowest BCUT2D eigenvalue weighted by Crippen LogP contribution is -2.54. The fourth-order valence-electron chi connectivity index (χ4n) is 4.04. The largest absolute Gasteiger partial charge is 0.370 e. The van der Waals surface area contributed by atoms with Crippen LogP contribution in [0.15, 0.2) is 24.4 Å². The zero-order valence-electron chi connectivity index (χ0n) is 14.1. The molecule has 6 heteroatoms. The van der Waals surface area contributed by atoms with Gasteiger partial charge in [0, 0.05) is 44.1 Å². The maximum absolute atomic E-state index is 12.3. The van der Waals surface area contributed by atoms with Crippen LogP contribution in [0.5, 0.6) is 0 Å². The molecule has 3 rings (SSSR count). The average molecular weight is 330 g/mol. The van der Waals surface area contributed by atoms with Crippen LogP contribution in [0.2, 0.25) is 0 Å². The van der Waals surface area contributed by atoms with Crippen molar-refractivity contribution in [3.63, 3.8) is 0 Å². The molecule has 0 bridgehead atoms. The van der Waals surface area contributed by atoms with Crippen molar-refractivity contribution in [1.29, 1.82) is 0 Å². The molecule has 1 aromatic rings. The molecule has 1 aromatic heterocycles. The van der Waals surface area contributed by atoms with Crippen LogP contribution in [0.1, 0.15) is 37.8 Å². The Morgan fingerprint density at radius 1 is 1.29 bits per heavy atom. The number of rotatable bonds is 5. The molecule has 2 aliphatic heterocycles. The first-order chi connectivity index (χ1) is 11.6. The third-order valence-corrected chi connectivity index (χ3v) is 5.24. The molecule has 2 saturated heterocycles. The fraction of sp³-hybridized carbons (Fsp3) is 0.611. The lowest BCUT2D eigenvalue weighted by molar-refractivity contribution is -0.140. The monoisotopic (exact) mass is 330 g/mol. The van der Waals surface area contributed by atoms with Gasteiger partial charge in [-0.05, 0) is 37.9 Å². The van der Waals surface area contributed by atoms with Crippen molar-refractivity contribution < 1.29 is 9.59 Å². The average Bonchev–Trinajstić information content (AvgIpc) is 2.58. The molecule has 2 amide bonds. The van der Waals surface area contributed by atoms with Crippen LogP contribution in [0.3, 0.4) is 0 Å². The molecule has 0 radical (unpaired) electrons. The van der Waals surface area contributed by atoms with Crippen molar-refractivity contribution in [2.75, 3.05) is 26.2 Å². The van der Waals surface area contributed by atoms with E-state index in [0.717, 1.165) is 51.1 Å². The first-order valence-corrected chi connectivity index (χ1v) is 8.75. The highest BCUT2D eigenvalue weighted by Crippen LogP contribution is 2.39. The molecule has 2 N–H and O–H groups in total. The Morgan fingerprint density at radius 2 is 2.17 bits per heavy atom. The maximum atomic E-state index is 12.3. The highest BCUT2D eigenvalue weighted by Gasteiger charge is 2.41. The second kappa shape index (κ2) is 7.30. The number of piperidine rings is 2. The molecule has 2 aliphatic rings. The number of pyridine rings is 1. The van der Waals surface area contributed by atoms with E-state index in [0.29, 0.717) is 19.4 Å². The summed E-state index contributed by atoms with van der Waals surface area (Å²) in [6, 6.07) is 5.81. The molecule has 24 heavy (non-hydrogen) atoms. The molecule has 130 valence electrons. The number of carbonyl (C=O) groups excluding carboxylic acids is 2. The minimum Gasteiger partial charge on any atom is -0.370 e. The van der Waals surface area contributed by atoms with Crippen molar-refractivity contribution in [3.05, 3.63) is 30.1 Å². The van der Waals surface area contributed by atoms with E-state index in [1.807, 2.05) is 23.1 Å². The van der Waals surface area contributed by atoms with Crippen LogP contribution in [0.25, 0.3) is 0 Å². The summed E-state index contributed by atoms with van der Waals surface area (Å²) in [5, 5.41) is 0. The Labute approximate surface area is 143 Å². The van der Waals surface area contributed by atoms with E-state index >= 15 is 0 Å². The van der Waals surface area contributed by atoms with Gasteiger partial charge in [-0.1, -0.05) is 6.07 Å². The lowest BCUT2D eigenvalue weighted by Gasteiger charge is -2.48. The van der Waals surface area contributed by atoms with Crippen LogP contribution in [-0.2, 0) is 16.1 Å². The van der Waals surface area contributed by atoms with Crippen LogP contribution >= 0.6 is 0 Å². The Morgan fingerprint density at radius 3 is 2.92 bits per heavy atom. The Hall–Kier alpha value is -1.95. The Balaban J connectivity index is 1.64. The van der Waals surface area contributed by atoms with Crippen molar-refractivity contribution in [2.45, 2.75) is 38.6 Å². The molecular formula is C18H26N4O2. The molecule has 0 aliphatic carbocycles. The predicted octanol–water partition coefficient (Wildman–Crippen LogP) is 1.16. The molecule has 1 spiro atoms. The molecule has 0 aromatic carbocycles. The van der Waals surface area contributed by atoms with Gasteiger partial charge in [0.05, 0.1) is 12.2 Å². The number of amides is 2. The van der Waals surface area contributed by atoms with Crippen LogP contribution in [0.4, 0.5) is 0 Å². The predicted molar refractivity (Wildman–Crippen MR) is 90.8 cm³/mol. The van der Waals surface area contributed by atoms with Crippen molar-refractivity contribution >= 4 is 11.8 Å². The number of aromatic nitrogens is 1. The summed E-state index contributed by atoms with van der Waals surface area (Å²) in [6.45, 7) is 4.07. The minimum atomic E-state index is -0.245. The van der Waals surface area contributed by atoms with Crippen molar-refractivity contribution in [2.24, 2.45) is 11.1 Å². The fourth-order valence-corrected chi connectivity index (χ4v) is 4.04. The van der Waals surface area contributed by atoms with Crippen LogP contribution < -0.4 is 5.73 Å². The third kappa shape index (κ3) is 4.12. The van der Waals surface area contributed by atoms with Gasteiger partial charge >= 0.3 is 0 Å². The van der Waals surface area contributed by atoms with Crippen molar-refractivity contribution in [1.82, 2.24) is 14.8 Å². The molecular weight excluding hydrogens is 304 g/mol. The van der Waals surface area contributed by atoms with Gasteiger partial charge in [-0.2, -0.15) is 0 Å². The number of hydrogen-bond acceptors (Lipinski definition) is 4. The van der Waals surface area contributed by atoms with Crippen molar-refractivity contribution in [3.8, 4) is 0 Å². The summed E-state index contributed by atoms with van der Waals surface area (Å²) < 4.78 is 0. The van der Waals surface area contributed by atoms with E-state index in [4.69, 9.17) is 5.73 Å². The number of carbonyl (C=O) groups is 2. The summed E-state index contributed by atoms with van der Waals surface area (Å²) in [5.41, 5.74) is 6.37. The first kappa shape index (κ1) is 16.9. The minimum absolute atomic E-state index is 0.151. The summed E-state index contributed by atoms with van der Waals surface area (Å²) in [4.78, 5) is 32.0. The van der Waals surface area contributed by atoms with Gasteiger partial charge in [-0.15, -0.1) is 0 Å². The van der Waals surface area contributed by atoms with E-state index in [9.17, 15) is 9.59 Å². The Kier molecular flexibility index (Phi) is 5.14. The molecule has 6 nitrogen and oxygen atoms in total. The van der Waals surface area contributed by atoms with Crippen LogP contribution in [-0.4, -0.2) is 52.8 Å². The topological polar surface area (TPSA) is 79.5 Å².